The van der Waals surface area contributed by atoms with Crippen molar-refractivity contribution in [1.29, 1.82) is 0 Å². The lowest BCUT2D eigenvalue weighted by Crippen LogP contribution is -2.58. The highest BCUT2D eigenvalue weighted by atomic mass is 16.2. The van der Waals surface area contributed by atoms with Gasteiger partial charge in [-0.3, -0.25) is 4.79 Å². The summed E-state index contributed by atoms with van der Waals surface area (Å²) in [6, 6.07) is 5.76. The van der Waals surface area contributed by atoms with E-state index in [-0.39, 0.29) is 11.4 Å². The molecule has 100 valence electrons. The summed E-state index contributed by atoms with van der Waals surface area (Å²) in [6.07, 6.45) is 3.51. The third kappa shape index (κ3) is 2.21. The molecule has 3 rings (SSSR count). The van der Waals surface area contributed by atoms with Crippen molar-refractivity contribution >= 4 is 11.4 Å². The number of rotatable bonds is 1. The molecule has 19 heavy (non-hydrogen) atoms. The molecule has 0 radical (unpaired) electrons. The van der Waals surface area contributed by atoms with Crippen molar-refractivity contribution in [3.63, 3.8) is 0 Å². The molecule has 0 bridgehead atoms. The summed E-state index contributed by atoms with van der Waals surface area (Å²) in [6.45, 7) is 6.52. The lowest BCUT2D eigenvalue weighted by Gasteiger charge is -2.39. The van der Waals surface area contributed by atoms with E-state index in [1.807, 2.05) is 29.3 Å². The first-order chi connectivity index (χ1) is 9.07. The summed E-state index contributed by atoms with van der Waals surface area (Å²) in [4.78, 5) is 14.5. The van der Waals surface area contributed by atoms with Crippen LogP contribution in [0.2, 0.25) is 0 Å². The fraction of sp³-hybridized carbons (Fsp3) is 0.429. The maximum Gasteiger partial charge on any atom is 0.257 e. The maximum absolute atomic E-state index is 12.6. The maximum atomic E-state index is 12.6. The van der Waals surface area contributed by atoms with Crippen LogP contribution < -0.4 is 5.32 Å². The van der Waals surface area contributed by atoms with Gasteiger partial charge in [-0.05, 0) is 26.0 Å². The van der Waals surface area contributed by atoms with E-state index in [0.29, 0.717) is 5.56 Å². The molecule has 2 aromatic heterocycles. The number of carbonyl (C=O) groups excluding carboxylic acids is 1. The number of amides is 1. The Bertz CT molecular complexity index is 617. The summed E-state index contributed by atoms with van der Waals surface area (Å²) in [7, 11) is 0. The second kappa shape index (κ2) is 4.35. The quantitative estimate of drug-likeness (QED) is 0.835. The van der Waals surface area contributed by atoms with Crippen molar-refractivity contribution in [2.24, 2.45) is 0 Å². The van der Waals surface area contributed by atoms with Gasteiger partial charge in [-0.2, -0.15) is 5.10 Å². The standard InChI is InChI=1S/C14H18N4O/c1-14(2)10-17(8-6-15-14)13(19)11-9-16-18-7-4-3-5-12(11)18/h3-5,7,9,15H,6,8,10H2,1-2H3. The van der Waals surface area contributed by atoms with Crippen LogP contribution in [0.3, 0.4) is 0 Å². The lowest BCUT2D eigenvalue weighted by molar-refractivity contribution is 0.0654. The first-order valence-corrected chi connectivity index (χ1v) is 6.53. The number of nitrogens with zero attached hydrogens (tertiary/aromatic N) is 3. The van der Waals surface area contributed by atoms with Gasteiger partial charge in [0.2, 0.25) is 0 Å². The Labute approximate surface area is 112 Å². The molecule has 5 heteroatoms. The Morgan fingerprint density at radius 3 is 3.05 bits per heavy atom. The smallest absolute Gasteiger partial charge is 0.257 e. The van der Waals surface area contributed by atoms with E-state index in [1.54, 1.807) is 10.7 Å². The van der Waals surface area contributed by atoms with Gasteiger partial charge in [-0.15, -0.1) is 0 Å². The van der Waals surface area contributed by atoms with Crippen LogP contribution in [0.25, 0.3) is 5.52 Å². The Kier molecular flexibility index (Phi) is 2.78. The Morgan fingerprint density at radius 2 is 2.26 bits per heavy atom. The normalized spacial score (nSPS) is 18.7. The van der Waals surface area contributed by atoms with Gasteiger partial charge >= 0.3 is 0 Å². The predicted octanol–water partition coefficient (Wildman–Crippen LogP) is 1.16. The number of carbonyl (C=O) groups is 1. The van der Waals surface area contributed by atoms with Gasteiger partial charge in [0.15, 0.2) is 0 Å². The molecule has 1 amide bonds. The summed E-state index contributed by atoms with van der Waals surface area (Å²) in [5, 5.41) is 7.64. The number of pyridine rings is 1. The minimum Gasteiger partial charge on any atom is -0.335 e. The van der Waals surface area contributed by atoms with Crippen molar-refractivity contribution < 1.29 is 4.79 Å². The van der Waals surface area contributed by atoms with Crippen LogP contribution in [0.15, 0.2) is 30.6 Å². The zero-order chi connectivity index (χ0) is 13.5. The van der Waals surface area contributed by atoms with Crippen molar-refractivity contribution in [2.45, 2.75) is 19.4 Å². The van der Waals surface area contributed by atoms with Gasteiger partial charge in [-0.1, -0.05) is 6.07 Å². The molecule has 5 nitrogen and oxygen atoms in total. The molecule has 1 aliphatic heterocycles. The molecule has 1 saturated heterocycles. The molecule has 0 atom stereocenters. The van der Waals surface area contributed by atoms with Crippen molar-refractivity contribution in [2.75, 3.05) is 19.6 Å². The number of piperazine rings is 1. The molecule has 0 saturated carbocycles. The average molecular weight is 258 g/mol. The minimum atomic E-state index is -0.0309. The zero-order valence-electron chi connectivity index (χ0n) is 11.3. The molecule has 0 aromatic carbocycles. The topological polar surface area (TPSA) is 49.6 Å². The second-order valence-corrected chi connectivity index (χ2v) is 5.63. The SMILES string of the molecule is CC1(C)CN(C(=O)c2cnn3ccccc23)CCN1. The molecule has 1 N–H and O–H groups in total. The van der Waals surface area contributed by atoms with Crippen LogP contribution in [0.1, 0.15) is 24.2 Å². The highest BCUT2D eigenvalue weighted by Gasteiger charge is 2.30. The molecule has 2 aromatic rings. The fourth-order valence-electron chi connectivity index (χ4n) is 2.58. The monoisotopic (exact) mass is 258 g/mol. The Hall–Kier alpha value is -1.88. The lowest BCUT2D eigenvalue weighted by atomic mass is 10.0. The van der Waals surface area contributed by atoms with E-state index in [9.17, 15) is 4.79 Å². The highest BCUT2D eigenvalue weighted by molar-refractivity contribution is 6.00. The highest BCUT2D eigenvalue weighted by Crippen LogP contribution is 2.17. The number of fused-ring (bicyclic) bond motifs is 1. The van der Waals surface area contributed by atoms with Gasteiger partial charge < -0.3 is 10.2 Å². The van der Waals surface area contributed by atoms with Crippen molar-refractivity contribution in [1.82, 2.24) is 19.8 Å². The third-order valence-corrected chi connectivity index (χ3v) is 3.52. The molecular weight excluding hydrogens is 240 g/mol. The molecule has 0 spiro atoms. The van der Waals surface area contributed by atoms with Gasteiger partial charge in [-0.25, -0.2) is 4.52 Å². The van der Waals surface area contributed by atoms with Crippen molar-refractivity contribution in [3.8, 4) is 0 Å². The predicted molar refractivity (Wildman–Crippen MR) is 73.2 cm³/mol. The fourth-order valence-corrected chi connectivity index (χ4v) is 2.58. The summed E-state index contributed by atoms with van der Waals surface area (Å²) in [5.41, 5.74) is 1.51. The van der Waals surface area contributed by atoms with Crippen LogP contribution in [0.5, 0.6) is 0 Å². The van der Waals surface area contributed by atoms with Crippen LogP contribution >= 0.6 is 0 Å². The van der Waals surface area contributed by atoms with Crippen LogP contribution in [-0.4, -0.2) is 45.6 Å². The number of hydrogen-bond acceptors (Lipinski definition) is 3. The van der Waals surface area contributed by atoms with Gasteiger partial charge in [0, 0.05) is 31.4 Å². The molecule has 3 heterocycles. The Morgan fingerprint density at radius 1 is 1.42 bits per heavy atom. The van der Waals surface area contributed by atoms with E-state index >= 15 is 0 Å². The van der Waals surface area contributed by atoms with E-state index in [2.05, 4.69) is 24.3 Å². The number of aromatic nitrogens is 2. The molecular formula is C14H18N4O. The number of nitrogens with one attached hydrogen (secondary N) is 1. The molecule has 1 aliphatic rings. The van der Waals surface area contributed by atoms with E-state index in [0.717, 1.165) is 25.2 Å². The van der Waals surface area contributed by atoms with Crippen LogP contribution in [-0.2, 0) is 0 Å². The largest absolute Gasteiger partial charge is 0.335 e. The minimum absolute atomic E-state index is 0.0309. The number of hydrogen-bond donors (Lipinski definition) is 1. The summed E-state index contributed by atoms with van der Waals surface area (Å²) < 4.78 is 1.74. The van der Waals surface area contributed by atoms with E-state index in [1.165, 1.54) is 0 Å². The van der Waals surface area contributed by atoms with E-state index < -0.39 is 0 Å². The summed E-state index contributed by atoms with van der Waals surface area (Å²) >= 11 is 0. The zero-order valence-corrected chi connectivity index (χ0v) is 11.3. The molecule has 0 aliphatic carbocycles. The van der Waals surface area contributed by atoms with Crippen LogP contribution in [0.4, 0.5) is 0 Å². The van der Waals surface area contributed by atoms with Gasteiger partial charge in [0.05, 0.1) is 17.3 Å². The van der Waals surface area contributed by atoms with Crippen molar-refractivity contribution in [3.05, 3.63) is 36.2 Å². The first-order valence-electron chi connectivity index (χ1n) is 6.53. The first kappa shape index (κ1) is 12.2. The second-order valence-electron chi connectivity index (χ2n) is 5.63. The molecule has 1 fully saturated rings. The average Bonchev–Trinajstić information content (AvgIpc) is 2.80. The van der Waals surface area contributed by atoms with E-state index in [4.69, 9.17) is 0 Å². The summed E-state index contributed by atoms with van der Waals surface area (Å²) in [5.74, 6) is 0.0655. The van der Waals surface area contributed by atoms with Gasteiger partial charge in [0.25, 0.3) is 5.91 Å². The van der Waals surface area contributed by atoms with Crippen LogP contribution in [0, 0.1) is 0 Å². The van der Waals surface area contributed by atoms with Gasteiger partial charge in [0.1, 0.15) is 0 Å². The Balaban J connectivity index is 1.91. The third-order valence-electron chi connectivity index (χ3n) is 3.52. The molecule has 0 unspecified atom stereocenters.